The number of ether oxygens (including phenoxy) is 2. The molecule has 2 aliphatic rings. The number of hydrogen-bond donors (Lipinski definition) is 5. The minimum Gasteiger partial charge on any atom is -0.462 e. The first-order valence-electron chi connectivity index (χ1n) is 9.19. The molecule has 2 fully saturated rings. The van der Waals surface area contributed by atoms with E-state index in [1.807, 2.05) is 10.1 Å². The van der Waals surface area contributed by atoms with Crippen LogP contribution in [-0.4, -0.2) is 65.9 Å². The molecule has 1 aliphatic carbocycles. The van der Waals surface area contributed by atoms with Gasteiger partial charge in [0.05, 0.1) is 6.10 Å². The van der Waals surface area contributed by atoms with E-state index in [1.165, 1.54) is 6.92 Å². The smallest absolute Gasteiger partial charge is 0.404 e. The highest BCUT2D eigenvalue weighted by Gasteiger charge is 2.95. The third-order valence-electron chi connectivity index (χ3n) is 5.10. The van der Waals surface area contributed by atoms with Crippen molar-refractivity contribution in [2.75, 3.05) is 0 Å². The third kappa shape index (κ3) is 3.67. The molecule has 13 nitrogen and oxygen atoms in total. The molecule has 0 aromatic carbocycles. The van der Waals surface area contributed by atoms with Gasteiger partial charge in [0.2, 0.25) is 0 Å². The van der Waals surface area contributed by atoms with Crippen molar-refractivity contribution in [2.45, 2.75) is 69.2 Å². The molecule has 7 unspecified atom stereocenters. The van der Waals surface area contributed by atoms with Crippen LogP contribution in [0.3, 0.4) is 0 Å². The van der Waals surface area contributed by atoms with E-state index in [2.05, 4.69) is 0 Å². The number of hydrogen-bond acceptors (Lipinski definition) is 9. The van der Waals surface area contributed by atoms with Crippen LogP contribution < -0.4 is 16.3 Å². The van der Waals surface area contributed by atoms with E-state index >= 15 is 4.39 Å². The number of nitrogens with zero attached hydrogens (tertiary/aromatic N) is 1. The maximum Gasteiger partial charge on any atom is 0.404 e. The Morgan fingerprint density at radius 1 is 1.39 bits per heavy atom. The number of alkyl halides is 1. The van der Waals surface area contributed by atoms with Gasteiger partial charge in [-0.3, -0.25) is 23.7 Å². The van der Waals surface area contributed by atoms with Gasteiger partial charge >= 0.3 is 19.4 Å². The lowest BCUT2D eigenvalue weighted by atomic mass is 9.95. The second kappa shape index (κ2) is 7.30. The second-order valence-corrected chi connectivity index (χ2v) is 9.40. The molecule has 1 saturated carbocycles. The maximum absolute atomic E-state index is 15.3. The fraction of sp³-hybridized carbons (Fsp3) is 0.688. The Labute approximate surface area is 174 Å². The van der Waals surface area contributed by atoms with Crippen LogP contribution in [0.1, 0.15) is 33.9 Å². The van der Waals surface area contributed by atoms with Crippen molar-refractivity contribution in [2.24, 2.45) is 0 Å². The van der Waals surface area contributed by atoms with Crippen molar-refractivity contribution in [3.8, 4) is 0 Å². The summed E-state index contributed by atoms with van der Waals surface area (Å²) in [6.07, 6.45) is -3.50. The first kappa shape index (κ1) is 23.7. The molecule has 7 atom stereocenters. The topological polar surface area (TPSA) is 189 Å². The normalized spacial score (nSPS) is 37.2. The Morgan fingerprint density at radius 3 is 2.48 bits per heavy atom. The average Bonchev–Trinajstić information content (AvgIpc) is 3.00. The van der Waals surface area contributed by atoms with Crippen LogP contribution in [0.2, 0.25) is 0 Å². The number of halogens is 1. The molecule has 15 heteroatoms. The lowest BCUT2D eigenvalue weighted by molar-refractivity contribution is -0.180. The Balaban J connectivity index is 1.78. The summed E-state index contributed by atoms with van der Waals surface area (Å²) < 4.78 is 42.9. The van der Waals surface area contributed by atoms with E-state index in [9.17, 15) is 34.1 Å². The van der Waals surface area contributed by atoms with Crippen LogP contribution in [-0.2, 0) is 23.4 Å². The molecule has 5 N–H and O–H groups in total. The molecule has 1 saturated heterocycles. The van der Waals surface area contributed by atoms with Crippen molar-refractivity contribution in [3.63, 3.8) is 0 Å². The highest BCUT2D eigenvalue weighted by molar-refractivity contribution is 7.50. The fourth-order valence-corrected chi connectivity index (χ4v) is 4.71. The van der Waals surface area contributed by atoms with E-state index in [1.54, 1.807) is 13.8 Å². The van der Waals surface area contributed by atoms with Gasteiger partial charge in [-0.1, -0.05) is 0 Å². The van der Waals surface area contributed by atoms with E-state index in [-0.39, 0.29) is 0 Å². The van der Waals surface area contributed by atoms with Gasteiger partial charge in [-0.15, -0.1) is 0 Å². The van der Waals surface area contributed by atoms with Gasteiger partial charge in [0.25, 0.3) is 11.4 Å². The Hall–Kier alpha value is -1.93. The van der Waals surface area contributed by atoms with Crippen molar-refractivity contribution in [3.05, 3.63) is 33.1 Å². The average molecular weight is 467 g/mol. The standard InChI is InChI=1S/C16H23FN3O10P/c1-7(2)28-10(22)8(3)19-31(26,27)30-11-15(25)14(4,24)12(29-16(11,15)17)20-6-5-9(21)18-13(20)23/h5-8,11-12,24-25H,1-4H3,(H,18,21,23)(H2,19,26,27). The number of esters is 1. The summed E-state index contributed by atoms with van der Waals surface area (Å²) in [5, 5.41) is 23.4. The fourth-order valence-electron chi connectivity index (χ4n) is 3.49. The summed E-state index contributed by atoms with van der Waals surface area (Å²) in [4.78, 5) is 46.8. The van der Waals surface area contributed by atoms with Crippen LogP contribution in [0.25, 0.3) is 0 Å². The number of carbonyl (C=O) groups excluding carboxylic acids is 1. The van der Waals surface area contributed by atoms with Crippen molar-refractivity contribution in [1.29, 1.82) is 0 Å². The van der Waals surface area contributed by atoms with Gasteiger partial charge in [0, 0.05) is 12.3 Å². The number of carbonyl (C=O) groups is 1. The lowest BCUT2D eigenvalue weighted by Crippen LogP contribution is -2.51. The summed E-state index contributed by atoms with van der Waals surface area (Å²) in [7, 11) is -4.90. The molecule has 0 spiro atoms. The minimum atomic E-state index is -4.90. The quantitative estimate of drug-likeness (QED) is 0.235. The first-order chi connectivity index (χ1) is 14.1. The number of rotatable bonds is 7. The highest BCUT2D eigenvalue weighted by atomic mass is 31.2. The first-order valence-corrected chi connectivity index (χ1v) is 10.8. The molecule has 0 radical (unpaired) electrons. The van der Waals surface area contributed by atoms with Crippen LogP contribution >= 0.6 is 7.75 Å². The Kier molecular flexibility index (Phi) is 5.59. The predicted octanol–water partition coefficient (Wildman–Crippen LogP) is -1.36. The second-order valence-electron chi connectivity index (χ2n) is 7.89. The molecule has 3 rings (SSSR count). The molecular formula is C16H23FN3O10P. The summed E-state index contributed by atoms with van der Waals surface area (Å²) in [5.74, 6) is -4.04. The van der Waals surface area contributed by atoms with Gasteiger partial charge < -0.3 is 24.6 Å². The molecule has 1 aromatic rings. The van der Waals surface area contributed by atoms with E-state index < -0.39 is 66.5 Å². The molecule has 31 heavy (non-hydrogen) atoms. The molecule has 1 aliphatic heterocycles. The van der Waals surface area contributed by atoms with Gasteiger partial charge in [0.1, 0.15) is 11.6 Å². The number of nitrogens with one attached hydrogen (secondary N) is 2. The Bertz CT molecular complexity index is 1060. The zero-order valence-electron chi connectivity index (χ0n) is 16.9. The predicted molar refractivity (Wildman–Crippen MR) is 99.4 cm³/mol. The highest BCUT2D eigenvalue weighted by Crippen LogP contribution is 2.71. The summed E-state index contributed by atoms with van der Waals surface area (Å²) >= 11 is 0. The summed E-state index contributed by atoms with van der Waals surface area (Å²) in [6.45, 7) is 5.27. The van der Waals surface area contributed by atoms with Crippen molar-refractivity contribution >= 4 is 13.7 Å². The van der Waals surface area contributed by atoms with Gasteiger partial charge in [-0.25, -0.2) is 18.8 Å². The molecule has 2 heterocycles. The molecular weight excluding hydrogens is 444 g/mol. The number of aromatic nitrogens is 2. The van der Waals surface area contributed by atoms with Crippen LogP contribution in [0, 0.1) is 0 Å². The zero-order valence-corrected chi connectivity index (χ0v) is 17.8. The Morgan fingerprint density at radius 2 is 2.00 bits per heavy atom. The maximum atomic E-state index is 15.3. The largest absolute Gasteiger partial charge is 0.462 e. The monoisotopic (exact) mass is 467 g/mol. The van der Waals surface area contributed by atoms with Crippen molar-refractivity contribution < 1.29 is 42.9 Å². The van der Waals surface area contributed by atoms with E-state index in [0.29, 0.717) is 4.57 Å². The van der Waals surface area contributed by atoms with Gasteiger partial charge in [-0.05, 0) is 27.7 Å². The van der Waals surface area contributed by atoms with Gasteiger partial charge in [-0.2, -0.15) is 0 Å². The van der Waals surface area contributed by atoms with Crippen molar-refractivity contribution in [1.82, 2.24) is 14.6 Å². The number of aromatic amines is 1. The number of fused-ring (bicyclic) bond motifs is 1. The SMILES string of the molecule is CC(C)OC(=O)C(C)NP(=O)(O)OC1C2(F)OC(n3ccc(=O)[nH]c3=O)C(C)(O)C12O. The number of aliphatic hydroxyl groups is 2. The molecule has 0 amide bonds. The number of H-pyrrole nitrogens is 1. The van der Waals surface area contributed by atoms with Gasteiger partial charge in [0.15, 0.2) is 17.9 Å². The van der Waals surface area contributed by atoms with E-state index in [0.717, 1.165) is 19.2 Å². The molecule has 174 valence electrons. The minimum absolute atomic E-state index is 0.495. The van der Waals surface area contributed by atoms with Crippen LogP contribution in [0.15, 0.2) is 21.9 Å². The summed E-state index contributed by atoms with van der Waals surface area (Å²) in [6, 6.07) is -0.409. The molecule has 1 aromatic heterocycles. The lowest BCUT2D eigenvalue weighted by Gasteiger charge is -2.32. The zero-order chi connectivity index (χ0) is 23.6. The summed E-state index contributed by atoms with van der Waals surface area (Å²) in [5.41, 5.74) is -7.18. The third-order valence-corrected chi connectivity index (χ3v) is 6.31. The molecule has 0 bridgehead atoms. The van der Waals surface area contributed by atoms with Crippen LogP contribution in [0.5, 0.6) is 0 Å². The van der Waals surface area contributed by atoms with E-state index in [4.69, 9.17) is 14.0 Å². The van der Waals surface area contributed by atoms with Crippen LogP contribution in [0.4, 0.5) is 4.39 Å².